The van der Waals surface area contributed by atoms with Crippen LogP contribution in [0.3, 0.4) is 0 Å². The van der Waals surface area contributed by atoms with Crippen molar-refractivity contribution in [2.24, 2.45) is 5.92 Å². The van der Waals surface area contributed by atoms with Crippen LogP contribution in [0.25, 0.3) is 0 Å². The van der Waals surface area contributed by atoms with Gasteiger partial charge in [-0.1, -0.05) is 26.0 Å². The van der Waals surface area contributed by atoms with Crippen molar-refractivity contribution in [3.05, 3.63) is 35.1 Å². The first-order valence-corrected chi connectivity index (χ1v) is 7.28. The van der Waals surface area contributed by atoms with E-state index in [1.54, 1.807) is 6.07 Å². The summed E-state index contributed by atoms with van der Waals surface area (Å²) in [6, 6.07) is 5.86. The van der Waals surface area contributed by atoms with Gasteiger partial charge in [-0.15, -0.1) is 0 Å². The molecular weight excluding hydrogens is 239 g/mol. The molecule has 2 rings (SSSR count). The molecule has 0 radical (unpaired) electrons. The molecule has 1 heterocycles. The van der Waals surface area contributed by atoms with E-state index in [1.807, 2.05) is 19.1 Å². The normalized spacial score (nSPS) is 18.8. The van der Waals surface area contributed by atoms with Gasteiger partial charge in [0.1, 0.15) is 5.82 Å². The molecule has 1 fully saturated rings. The zero-order chi connectivity index (χ0) is 13.8. The zero-order valence-electron chi connectivity index (χ0n) is 12.2. The number of benzene rings is 1. The maximum Gasteiger partial charge on any atom is 0.128 e. The number of hydrogen-bond donors (Lipinski definition) is 1. The molecule has 19 heavy (non-hydrogen) atoms. The maximum atomic E-state index is 14.3. The van der Waals surface area contributed by atoms with Crippen molar-refractivity contribution in [2.75, 3.05) is 26.2 Å². The summed E-state index contributed by atoms with van der Waals surface area (Å²) in [5.74, 6) is 0.518. The van der Waals surface area contributed by atoms with E-state index in [1.165, 1.54) is 0 Å². The molecule has 2 nitrogen and oxygen atoms in total. The molecule has 1 N–H and O–H groups in total. The Labute approximate surface area is 116 Å². The largest absolute Gasteiger partial charge is 0.314 e. The Morgan fingerprint density at radius 1 is 1.26 bits per heavy atom. The quantitative estimate of drug-likeness (QED) is 0.899. The molecule has 0 bridgehead atoms. The molecule has 1 saturated heterocycles. The minimum Gasteiger partial charge on any atom is -0.314 e. The third-order valence-corrected chi connectivity index (χ3v) is 3.80. The van der Waals surface area contributed by atoms with Crippen molar-refractivity contribution in [1.82, 2.24) is 10.2 Å². The lowest BCUT2D eigenvalue weighted by molar-refractivity contribution is 0.151. The van der Waals surface area contributed by atoms with Crippen molar-refractivity contribution in [3.63, 3.8) is 0 Å². The molecule has 0 amide bonds. The standard InChI is InChI=1S/C16H25FN2/c1-12(2)10-16(19-8-6-18-7-9-19)14-5-4-13(3)11-15(14)17/h4-5,11-12,16,18H,6-10H2,1-3H3/t16-/m1/s1. The monoisotopic (exact) mass is 264 g/mol. The second-order valence-corrected chi connectivity index (χ2v) is 5.96. The molecule has 0 spiro atoms. The second kappa shape index (κ2) is 6.49. The maximum absolute atomic E-state index is 14.3. The van der Waals surface area contributed by atoms with E-state index in [4.69, 9.17) is 0 Å². The lowest BCUT2D eigenvalue weighted by atomic mass is 9.94. The van der Waals surface area contributed by atoms with Crippen molar-refractivity contribution in [2.45, 2.75) is 33.2 Å². The van der Waals surface area contributed by atoms with Crippen LogP contribution in [0.5, 0.6) is 0 Å². The number of aryl methyl sites for hydroxylation is 1. The molecule has 0 saturated carbocycles. The lowest BCUT2D eigenvalue weighted by Gasteiger charge is -2.36. The summed E-state index contributed by atoms with van der Waals surface area (Å²) in [4.78, 5) is 2.42. The molecule has 1 atom stereocenters. The lowest BCUT2D eigenvalue weighted by Crippen LogP contribution is -2.45. The number of halogens is 1. The van der Waals surface area contributed by atoms with Crippen LogP contribution in [-0.2, 0) is 0 Å². The average Bonchev–Trinajstić information content (AvgIpc) is 2.37. The van der Waals surface area contributed by atoms with E-state index in [9.17, 15) is 4.39 Å². The Balaban J connectivity index is 2.25. The number of rotatable bonds is 4. The molecule has 0 aromatic heterocycles. The highest BCUT2D eigenvalue weighted by molar-refractivity contribution is 5.26. The summed E-state index contributed by atoms with van der Waals surface area (Å²) in [6.45, 7) is 10.4. The summed E-state index contributed by atoms with van der Waals surface area (Å²) in [5.41, 5.74) is 1.85. The van der Waals surface area contributed by atoms with E-state index in [2.05, 4.69) is 24.1 Å². The minimum atomic E-state index is -0.0517. The number of piperazine rings is 1. The fourth-order valence-electron chi connectivity index (χ4n) is 2.82. The Morgan fingerprint density at radius 3 is 2.53 bits per heavy atom. The number of hydrogen-bond acceptors (Lipinski definition) is 2. The highest BCUT2D eigenvalue weighted by Crippen LogP contribution is 2.30. The predicted octanol–water partition coefficient (Wildman–Crippen LogP) is 3.13. The summed E-state index contributed by atoms with van der Waals surface area (Å²) < 4.78 is 14.3. The smallest absolute Gasteiger partial charge is 0.128 e. The Morgan fingerprint density at radius 2 is 1.95 bits per heavy atom. The van der Waals surface area contributed by atoms with Gasteiger partial charge in [-0.25, -0.2) is 4.39 Å². The summed E-state index contributed by atoms with van der Waals surface area (Å²) in [7, 11) is 0. The summed E-state index contributed by atoms with van der Waals surface area (Å²) >= 11 is 0. The molecule has 1 aromatic rings. The van der Waals surface area contributed by atoms with Gasteiger partial charge in [0.2, 0.25) is 0 Å². The molecule has 106 valence electrons. The first-order chi connectivity index (χ1) is 9.08. The van der Waals surface area contributed by atoms with Gasteiger partial charge < -0.3 is 5.32 Å². The molecule has 1 aliphatic rings. The van der Waals surface area contributed by atoms with E-state index < -0.39 is 0 Å². The third kappa shape index (κ3) is 3.77. The van der Waals surface area contributed by atoms with E-state index in [0.29, 0.717) is 5.92 Å². The van der Waals surface area contributed by atoms with Crippen LogP contribution in [0.4, 0.5) is 4.39 Å². The topological polar surface area (TPSA) is 15.3 Å². The van der Waals surface area contributed by atoms with Crippen molar-refractivity contribution in [1.29, 1.82) is 0 Å². The van der Waals surface area contributed by atoms with Crippen LogP contribution in [0.1, 0.15) is 37.4 Å². The SMILES string of the molecule is Cc1ccc([C@@H](CC(C)C)N2CCNCC2)c(F)c1. The third-order valence-electron chi connectivity index (χ3n) is 3.80. The van der Waals surface area contributed by atoms with Gasteiger partial charge >= 0.3 is 0 Å². The second-order valence-electron chi connectivity index (χ2n) is 5.96. The number of nitrogens with zero attached hydrogens (tertiary/aromatic N) is 1. The molecular formula is C16H25FN2. The van der Waals surface area contributed by atoms with E-state index in [-0.39, 0.29) is 11.9 Å². The Kier molecular flexibility index (Phi) is 4.94. The van der Waals surface area contributed by atoms with Crippen LogP contribution in [0.15, 0.2) is 18.2 Å². The van der Waals surface area contributed by atoms with Gasteiger partial charge in [0.25, 0.3) is 0 Å². The first-order valence-electron chi connectivity index (χ1n) is 7.28. The van der Waals surface area contributed by atoms with Crippen LogP contribution in [0.2, 0.25) is 0 Å². The van der Waals surface area contributed by atoms with E-state index >= 15 is 0 Å². The fraction of sp³-hybridized carbons (Fsp3) is 0.625. The molecule has 1 aliphatic heterocycles. The van der Waals surface area contributed by atoms with Gasteiger partial charge in [0.15, 0.2) is 0 Å². The van der Waals surface area contributed by atoms with Gasteiger partial charge in [-0.3, -0.25) is 4.90 Å². The Bertz CT molecular complexity index is 411. The van der Waals surface area contributed by atoms with Gasteiger partial charge in [-0.2, -0.15) is 0 Å². The van der Waals surface area contributed by atoms with Crippen molar-refractivity contribution >= 4 is 0 Å². The Hall–Kier alpha value is -0.930. The van der Waals surface area contributed by atoms with Crippen LogP contribution >= 0.6 is 0 Å². The molecule has 3 heteroatoms. The van der Waals surface area contributed by atoms with Crippen molar-refractivity contribution in [3.8, 4) is 0 Å². The van der Waals surface area contributed by atoms with Gasteiger partial charge in [0, 0.05) is 37.8 Å². The molecule has 0 unspecified atom stereocenters. The van der Waals surface area contributed by atoms with E-state index in [0.717, 1.165) is 43.7 Å². The van der Waals surface area contributed by atoms with Gasteiger partial charge in [0.05, 0.1) is 0 Å². The van der Waals surface area contributed by atoms with Crippen LogP contribution in [0, 0.1) is 18.7 Å². The fourth-order valence-corrected chi connectivity index (χ4v) is 2.82. The summed E-state index contributed by atoms with van der Waals surface area (Å²) in [5, 5.41) is 3.36. The first kappa shape index (κ1) is 14.5. The highest BCUT2D eigenvalue weighted by Gasteiger charge is 2.25. The van der Waals surface area contributed by atoms with Crippen LogP contribution < -0.4 is 5.32 Å². The molecule has 1 aromatic carbocycles. The number of nitrogens with one attached hydrogen (secondary N) is 1. The highest BCUT2D eigenvalue weighted by atomic mass is 19.1. The minimum absolute atomic E-state index is 0.0517. The zero-order valence-corrected chi connectivity index (χ0v) is 12.2. The van der Waals surface area contributed by atoms with Crippen LogP contribution in [-0.4, -0.2) is 31.1 Å². The summed E-state index contributed by atoms with van der Waals surface area (Å²) in [6.07, 6.45) is 1.01. The average molecular weight is 264 g/mol. The predicted molar refractivity (Wildman–Crippen MR) is 77.8 cm³/mol. The van der Waals surface area contributed by atoms with Gasteiger partial charge in [-0.05, 0) is 30.9 Å². The van der Waals surface area contributed by atoms with Crippen molar-refractivity contribution < 1.29 is 4.39 Å². The molecule has 0 aliphatic carbocycles.